The summed E-state index contributed by atoms with van der Waals surface area (Å²) >= 11 is 0. The molecule has 0 aliphatic heterocycles. The Bertz CT molecular complexity index is 269. The third-order valence-electron chi connectivity index (χ3n) is 5.81. The number of hydrogen-bond acceptors (Lipinski definition) is 1. The van der Waals surface area contributed by atoms with Gasteiger partial charge in [-0.05, 0) is 25.2 Å². The van der Waals surface area contributed by atoms with E-state index in [1.54, 1.807) is 0 Å². The minimum absolute atomic E-state index is 0.528. The molecule has 0 aromatic heterocycles. The summed E-state index contributed by atoms with van der Waals surface area (Å²) in [4.78, 5) is 0. The quantitative estimate of drug-likeness (QED) is 0.308. The normalized spacial score (nSPS) is 24.4. The molecule has 3 unspecified atom stereocenters. The smallest absolute Gasteiger partial charge is 0.126 e. The number of aliphatic hydroxyl groups excluding tert-OH is 1. The van der Waals surface area contributed by atoms with Crippen molar-refractivity contribution in [2.24, 2.45) is 5.92 Å². The Balaban J connectivity index is 1.75. The van der Waals surface area contributed by atoms with Gasteiger partial charge in [0.25, 0.3) is 0 Å². The lowest BCUT2D eigenvalue weighted by molar-refractivity contribution is 0.0225. The maximum atomic E-state index is 13.5. The molecule has 1 nitrogen and oxygen atoms in total. The number of rotatable bonds is 15. The van der Waals surface area contributed by atoms with Crippen molar-refractivity contribution in [2.75, 3.05) is 0 Å². The highest BCUT2D eigenvalue weighted by molar-refractivity contribution is 4.79. The summed E-state index contributed by atoms with van der Waals surface area (Å²) in [5, 5.41) is 9.41. The first-order chi connectivity index (χ1) is 11.7. The third-order valence-corrected chi connectivity index (χ3v) is 5.81. The zero-order valence-corrected chi connectivity index (χ0v) is 16.3. The van der Waals surface area contributed by atoms with Crippen LogP contribution in [0.4, 0.5) is 4.39 Å². The highest BCUT2D eigenvalue weighted by atomic mass is 19.1. The van der Waals surface area contributed by atoms with Gasteiger partial charge in [0.2, 0.25) is 0 Å². The van der Waals surface area contributed by atoms with Gasteiger partial charge in [0.1, 0.15) is 6.17 Å². The van der Waals surface area contributed by atoms with Crippen LogP contribution in [0, 0.1) is 5.92 Å². The van der Waals surface area contributed by atoms with Crippen molar-refractivity contribution in [2.45, 2.75) is 135 Å². The van der Waals surface area contributed by atoms with Gasteiger partial charge in [0.05, 0.1) is 6.10 Å². The Morgan fingerprint density at radius 2 is 1.17 bits per heavy atom. The van der Waals surface area contributed by atoms with Crippen LogP contribution in [0.15, 0.2) is 0 Å². The Morgan fingerprint density at radius 3 is 1.62 bits per heavy atom. The van der Waals surface area contributed by atoms with Gasteiger partial charge in [0.15, 0.2) is 0 Å². The molecule has 0 aromatic rings. The molecule has 2 heteroatoms. The van der Waals surface area contributed by atoms with Gasteiger partial charge in [-0.2, -0.15) is 0 Å². The molecule has 1 aliphatic carbocycles. The first-order valence-corrected chi connectivity index (χ1v) is 11.1. The van der Waals surface area contributed by atoms with Crippen LogP contribution in [0.5, 0.6) is 0 Å². The minimum Gasteiger partial charge on any atom is -0.390 e. The molecule has 0 aromatic carbocycles. The molecule has 1 N–H and O–H groups in total. The lowest BCUT2D eigenvalue weighted by Crippen LogP contribution is -2.30. The molecule has 1 aliphatic rings. The highest BCUT2D eigenvalue weighted by Crippen LogP contribution is 2.30. The fourth-order valence-electron chi connectivity index (χ4n) is 4.07. The largest absolute Gasteiger partial charge is 0.390 e. The molecule has 0 radical (unpaired) electrons. The van der Waals surface area contributed by atoms with Gasteiger partial charge in [-0.3, -0.25) is 0 Å². The molecule has 1 saturated carbocycles. The fraction of sp³-hybridized carbons (Fsp3) is 1.00. The fourth-order valence-corrected chi connectivity index (χ4v) is 4.07. The van der Waals surface area contributed by atoms with E-state index >= 15 is 0 Å². The monoisotopic (exact) mass is 342 g/mol. The van der Waals surface area contributed by atoms with Gasteiger partial charge < -0.3 is 5.11 Å². The van der Waals surface area contributed by atoms with Crippen molar-refractivity contribution in [3.63, 3.8) is 0 Å². The topological polar surface area (TPSA) is 20.2 Å². The Kier molecular flexibility index (Phi) is 13.9. The lowest BCUT2D eigenvalue weighted by atomic mass is 9.83. The number of aliphatic hydroxyl groups is 1. The summed E-state index contributed by atoms with van der Waals surface area (Å²) < 4.78 is 13.5. The summed E-state index contributed by atoms with van der Waals surface area (Å²) in [6.07, 6.45) is 21.3. The van der Waals surface area contributed by atoms with Gasteiger partial charge in [-0.25, -0.2) is 4.39 Å². The van der Waals surface area contributed by atoms with E-state index < -0.39 is 12.3 Å². The summed E-state index contributed by atoms with van der Waals surface area (Å²) in [5.41, 5.74) is 0. The van der Waals surface area contributed by atoms with E-state index in [0.717, 1.165) is 6.42 Å². The second kappa shape index (κ2) is 15.2. The highest BCUT2D eigenvalue weighted by Gasteiger charge is 2.28. The molecule has 0 heterocycles. The molecule has 1 fully saturated rings. The first-order valence-electron chi connectivity index (χ1n) is 11.1. The standard InChI is InChI=1S/C22H43FO/c1-2-3-4-5-6-7-8-9-10-11-12-13-14-15-16-20-17-18-22(24)21(23)19-20/h20-22,24H,2-19H2,1H3. The minimum atomic E-state index is -0.963. The molecule has 0 saturated heterocycles. The van der Waals surface area contributed by atoms with Crippen molar-refractivity contribution in [3.05, 3.63) is 0 Å². The molecule has 1 rings (SSSR count). The third kappa shape index (κ3) is 11.4. The maximum Gasteiger partial charge on any atom is 0.126 e. The van der Waals surface area contributed by atoms with E-state index in [2.05, 4.69) is 6.92 Å². The van der Waals surface area contributed by atoms with Crippen molar-refractivity contribution in [3.8, 4) is 0 Å². The Morgan fingerprint density at radius 1 is 0.708 bits per heavy atom. The molecule has 144 valence electrons. The first kappa shape index (κ1) is 21.9. The number of halogens is 1. The molecule has 0 amide bonds. The number of unbranched alkanes of at least 4 members (excludes halogenated alkanes) is 13. The molecule has 0 bridgehead atoms. The molecule has 24 heavy (non-hydrogen) atoms. The second-order valence-corrected chi connectivity index (χ2v) is 8.15. The van der Waals surface area contributed by atoms with E-state index in [1.165, 1.54) is 96.3 Å². The van der Waals surface area contributed by atoms with E-state index in [1.807, 2.05) is 0 Å². The van der Waals surface area contributed by atoms with Gasteiger partial charge in [-0.15, -0.1) is 0 Å². The summed E-state index contributed by atoms with van der Waals surface area (Å²) in [5.74, 6) is 0.528. The number of alkyl halides is 1. The SMILES string of the molecule is CCCCCCCCCCCCCCCCC1CCC(O)C(F)C1. The van der Waals surface area contributed by atoms with Crippen molar-refractivity contribution < 1.29 is 9.50 Å². The van der Waals surface area contributed by atoms with Gasteiger partial charge >= 0.3 is 0 Å². The van der Waals surface area contributed by atoms with E-state index in [9.17, 15) is 9.50 Å². The summed E-state index contributed by atoms with van der Waals surface area (Å²) in [6.45, 7) is 2.28. The van der Waals surface area contributed by atoms with E-state index in [0.29, 0.717) is 18.8 Å². The maximum absolute atomic E-state index is 13.5. The van der Waals surface area contributed by atoms with Crippen LogP contribution in [0.3, 0.4) is 0 Å². The van der Waals surface area contributed by atoms with Crippen LogP contribution in [0.2, 0.25) is 0 Å². The summed E-state index contributed by atoms with van der Waals surface area (Å²) in [7, 11) is 0. The van der Waals surface area contributed by atoms with Crippen LogP contribution in [0.1, 0.15) is 122 Å². The van der Waals surface area contributed by atoms with Gasteiger partial charge in [-0.1, -0.05) is 103 Å². The Hall–Kier alpha value is -0.110. The van der Waals surface area contributed by atoms with Crippen LogP contribution in [-0.2, 0) is 0 Å². The zero-order valence-electron chi connectivity index (χ0n) is 16.3. The van der Waals surface area contributed by atoms with Crippen molar-refractivity contribution in [1.82, 2.24) is 0 Å². The van der Waals surface area contributed by atoms with Crippen molar-refractivity contribution in [1.29, 1.82) is 0 Å². The van der Waals surface area contributed by atoms with Crippen LogP contribution in [-0.4, -0.2) is 17.4 Å². The zero-order chi connectivity index (χ0) is 17.5. The lowest BCUT2D eigenvalue weighted by Gasteiger charge is -2.28. The predicted molar refractivity (Wildman–Crippen MR) is 103 cm³/mol. The molecular weight excluding hydrogens is 299 g/mol. The van der Waals surface area contributed by atoms with Gasteiger partial charge in [0, 0.05) is 0 Å². The number of hydrogen-bond donors (Lipinski definition) is 1. The predicted octanol–water partition coefficient (Wildman–Crippen LogP) is 7.36. The summed E-state index contributed by atoms with van der Waals surface area (Å²) in [6, 6.07) is 0. The van der Waals surface area contributed by atoms with Crippen molar-refractivity contribution >= 4 is 0 Å². The Labute approximate surface area is 150 Å². The van der Waals surface area contributed by atoms with E-state index in [-0.39, 0.29) is 0 Å². The van der Waals surface area contributed by atoms with Crippen LogP contribution >= 0.6 is 0 Å². The van der Waals surface area contributed by atoms with E-state index in [4.69, 9.17) is 0 Å². The second-order valence-electron chi connectivity index (χ2n) is 8.15. The van der Waals surface area contributed by atoms with Crippen LogP contribution < -0.4 is 0 Å². The molecular formula is C22H43FO. The average Bonchev–Trinajstić information content (AvgIpc) is 2.58. The molecule has 3 atom stereocenters. The molecule has 0 spiro atoms. The van der Waals surface area contributed by atoms with Crippen LogP contribution in [0.25, 0.3) is 0 Å². The average molecular weight is 343 g/mol.